The Labute approximate surface area is 168 Å². The number of nitrogens with one attached hydrogen (secondary N) is 3. The lowest BCUT2D eigenvalue weighted by molar-refractivity contribution is 0.232. The molecule has 1 spiro atoms. The minimum atomic E-state index is 0.498. The Morgan fingerprint density at radius 2 is 2.04 bits per heavy atom. The Kier molecular flexibility index (Phi) is 6.57. The first kappa shape index (κ1) is 20.2. The van der Waals surface area contributed by atoms with E-state index in [1.807, 2.05) is 26.0 Å². The van der Waals surface area contributed by atoms with Crippen LogP contribution < -0.4 is 20.9 Å². The number of nitrogens with zero attached hydrogens (tertiary/aromatic N) is 4. The van der Waals surface area contributed by atoms with Gasteiger partial charge < -0.3 is 25.8 Å². The van der Waals surface area contributed by atoms with Gasteiger partial charge in [0.05, 0.1) is 17.7 Å². The Hall–Kier alpha value is -2.54. The van der Waals surface area contributed by atoms with Gasteiger partial charge in [0.1, 0.15) is 12.2 Å². The van der Waals surface area contributed by atoms with Gasteiger partial charge in [0, 0.05) is 39.9 Å². The molecule has 2 heterocycles. The first-order chi connectivity index (χ1) is 13.5. The smallest absolute Gasteiger partial charge is 0.124 e. The van der Waals surface area contributed by atoms with E-state index >= 15 is 0 Å². The highest BCUT2D eigenvalue weighted by Gasteiger charge is 2.38. The fourth-order valence-electron chi connectivity index (χ4n) is 4.02. The van der Waals surface area contributed by atoms with Crippen LogP contribution in [0.25, 0.3) is 0 Å². The number of piperidine rings is 1. The van der Waals surface area contributed by atoms with Crippen molar-refractivity contribution in [1.29, 1.82) is 0 Å². The van der Waals surface area contributed by atoms with E-state index in [-0.39, 0.29) is 0 Å². The van der Waals surface area contributed by atoms with Crippen molar-refractivity contribution in [2.45, 2.75) is 19.3 Å². The van der Waals surface area contributed by atoms with Gasteiger partial charge in [0.15, 0.2) is 0 Å². The molecule has 7 nitrogen and oxygen atoms in total. The molecule has 0 atom stereocenters. The van der Waals surface area contributed by atoms with Crippen molar-refractivity contribution in [3.05, 3.63) is 30.6 Å². The van der Waals surface area contributed by atoms with Crippen LogP contribution >= 0.6 is 0 Å². The third-order valence-corrected chi connectivity index (χ3v) is 5.60. The molecular formula is C21H33N7. The summed E-state index contributed by atoms with van der Waals surface area (Å²) in [4.78, 5) is 12.7. The third-order valence-electron chi connectivity index (χ3n) is 5.60. The van der Waals surface area contributed by atoms with Gasteiger partial charge in [-0.05, 0) is 56.0 Å². The van der Waals surface area contributed by atoms with Crippen LogP contribution in [0, 0.1) is 5.41 Å². The van der Waals surface area contributed by atoms with E-state index in [9.17, 15) is 0 Å². The molecule has 2 fully saturated rings. The largest absolute Gasteiger partial charge is 0.386 e. The molecule has 28 heavy (non-hydrogen) atoms. The summed E-state index contributed by atoms with van der Waals surface area (Å²) in [5.74, 6) is 0.551. The first-order valence-electron chi connectivity index (χ1n) is 9.97. The van der Waals surface area contributed by atoms with Crippen molar-refractivity contribution in [2.24, 2.45) is 15.4 Å². The third kappa shape index (κ3) is 5.04. The van der Waals surface area contributed by atoms with Crippen molar-refractivity contribution >= 4 is 29.7 Å². The molecule has 0 aliphatic carbocycles. The normalized spacial score (nSPS) is 18.9. The topological polar surface area (TPSA) is 67.3 Å². The summed E-state index contributed by atoms with van der Waals surface area (Å²) in [5.41, 5.74) is 3.77. The lowest BCUT2D eigenvalue weighted by Gasteiger charge is -2.34. The van der Waals surface area contributed by atoms with Gasteiger partial charge in [-0.3, -0.25) is 0 Å². The molecule has 0 unspecified atom stereocenters. The predicted octanol–water partition coefficient (Wildman–Crippen LogP) is 2.81. The maximum absolute atomic E-state index is 4.22. The minimum Gasteiger partial charge on any atom is -0.386 e. The van der Waals surface area contributed by atoms with Gasteiger partial charge in [-0.25, -0.2) is 9.98 Å². The molecule has 0 amide bonds. The standard InChI is InChI=1S/C21H33N7/c1-17(25-15-24-16-27(3)4)26-19-6-5-18(13-20(19)22-2)28-12-9-21(14-28)7-10-23-11-8-21/h5-6,13,15-16,22-23,26H,1,7-12,14H2,2-4H3. The van der Waals surface area contributed by atoms with Gasteiger partial charge in [-0.1, -0.05) is 6.58 Å². The number of benzene rings is 1. The van der Waals surface area contributed by atoms with Crippen LogP contribution in [-0.4, -0.2) is 64.9 Å². The van der Waals surface area contributed by atoms with Crippen LogP contribution in [0.3, 0.4) is 0 Å². The van der Waals surface area contributed by atoms with Crippen molar-refractivity contribution in [3.63, 3.8) is 0 Å². The zero-order valence-electron chi connectivity index (χ0n) is 17.3. The molecule has 1 aromatic carbocycles. The monoisotopic (exact) mass is 383 g/mol. The van der Waals surface area contributed by atoms with E-state index in [4.69, 9.17) is 0 Å². The number of hydrogen-bond acceptors (Lipinski definition) is 5. The average molecular weight is 384 g/mol. The average Bonchev–Trinajstić information content (AvgIpc) is 3.09. The van der Waals surface area contributed by atoms with Gasteiger partial charge in [0.2, 0.25) is 0 Å². The summed E-state index contributed by atoms with van der Waals surface area (Å²) in [7, 11) is 5.77. The van der Waals surface area contributed by atoms with E-state index in [1.54, 1.807) is 6.34 Å². The summed E-state index contributed by atoms with van der Waals surface area (Å²) in [6.45, 7) is 8.56. The highest BCUT2D eigenvalue weighted by atomic mass is 15.2. The van der Waals surface area contributed by atoms with Gasteiger partial charge in [-0.15, -0.1) is 0 Å². The highest BCUT2D eigenvalue weighted by Crippen LogP contribution is 2.41. The summed E-state index contributed by atoms with van der Waals surface area (Å²) < 4.78 is 0. The van der Waals surface area contributed by atoms with Crippen LogP contribution in [0.2, 0.25) is 0 Å². The fourth-order valence-corrected chi connectivity index (χ4v) is 4.02. The molecule has 0 saturated carbocycles. The Balaban J connectivity index is 1.65. The summed E-state index contributed by atoms with van der Waals surface area (Å²) in [6.07, 6.45) is 7.05. The Morgan fingerprint density at radius 1 is 1.25 bits per heavy atom. The summed E-state index contributed by atoms with van der Waals surface area (Å²) in [6, 6.07) is 6.49. The maximum atomic E-state index is 4.22. The summed E-state index contributed by atoms with van der Waals surface area (Å²) >= 11 is 0. The number of hydrogen-bond donors (Lipinski definition) is 3. The quantitative estimate of drug-likeness (QED) is 0.499. The molecule has 0 aromatic heterocycles. The molecule has 3 rings (SSSR count). The lowest BCUT2D eigenvalue weighted by atomic mass is 9.78. The predicted molar refractivity (Wildman–Crippen MR) is 121 cm³/mol. The van der Waals surface area contributed by atoms with Crippen molar-refractivity contribution in [2.75, 3.05) is 62.9 Å². The van der Waals surface area contributed by atoms with E-state index < -0.39 is 0 Å². The second-order valence-electron chi connectivity index (χ2n) is 7.95. The number of rotatable bonds is 7. The van der Waals surface area contributed by atoms with Crippen LogP contribution in [0.5, 0.6) is 0 Å². The second-order valence-corrected chi connectivity index (χ2v) is 7.95. The molecule has 2 aliphatic rings. The first-order valence-corrected chi connectivity index (χ1v) is 9.97. The highest BCUT2D eigenvalue weighted by molar-refractivity contribution is 5.76. The molecular weight excluding hydrogens is 350 g/mol. The molecule has 2 aliphatic heterocycles. The van der Waals surface area contributed by atoms with Crippen LogP contribution in [0.4, 0.5) is 17.1 Å². The molecule has 152 valence electrons. The number of aliphatic imine (C=N–C) groups is 2. The summed E-state index contributed by atoms with van der Waals surface area (Å²) in [5, 5.41) is 10.0. The molecule has 7 heteroatoms. The SMILES string of the molecule is C=C(N=CN=CN(C)C)Nc1ccc(N2CCC3(CCNCC3)C2)cc1NC. The van der Waals surface area contributed by atoms with Gasteiger partial charge in [0.25, 0.3) is 0 Å². The fraction of sp³-hybridized carbons (Fsp3) is 0.524. The maximum Gasteiger partial charge on any atom is 0.124 e. The second kappa shape index (κ2) is 9.10. The van der Waals surface area contributed by atoms with E-state index in [2.05, 4.69) is 55.6 Å². The van der Waals surface area contributed by atoms with Crippen LogP contribution in [-0.2, 0) is 0 Å². The Bertz CT molecular complexity index is 732. The van der Waals surface area contributed by atoms with Crippen molar-refractivity contribution in [1.82, 2.24) is 10.2 Å². The van der Waals surface area contributed by atoms with Crippen LogP contribution in [0.15, 0.2) is 40.6 Å². The lowest BCUT2D eigenvalue weighted by Crippen LogP contribution is -2.38. The van der Waals surface area contributed by atoms with E-state index in [0.717, 1.165) is 37.6 Å². The van der Waals surface area contributed by atoms with Crippen molar-refractivity contribution in [3.8, 4) is 0 Å². The molecule has 0 bridgehead atoms. The zero-order chi connectivity index (χ0) is 20.0. The molecule has 2 saturated heterocycles. The molecule has 0 radical (unpaired) electrons. The molecule has 3 N–H and O–H groups in total. The number of anilines is 3. The zero-order valence-corrected chi connectivity index (χ0v) is 17.3. The minimum absolute atomic E-state index is 0.498. The van der Waals surface area contributed by atoms with Gasteiger partial charge >= 0.3 is 0 Å². The van der Waals surface area contributed by atoms with E-state index in [0.29, 0.717) is 11.2 Å². The van der Waals surface area contributed by atoms with Crippen LogP contribution in [0.1, 0.15) is 19.3 Å². The van der Waals surface area contributed by atoms with Crippen molar-refractivity contribution < 1.29 is 0 Å². The van der Waals surface area contributed by atoms with Gasteiger partial charge in [-0.2, -0.15) is 0 Å². The van der Waals surface area contributed by atoms with E-state index in [1.165, 1.54) is 31.3 Å². The Morgan fingerprint density at radius 3 is 2.75 bits per heavy atom. The molecule has 1 aromatic rings.